The smallest absolute Gasteiger partial charge is 0.0280 e. The van der Waals surface area contributed by atoms with Crippen molar-refractivity contribution in [2.45, 2.75) is 39.5 Å². The Balaban J connectivity index is 2.73. The number of allylic oxidation sites excluding steroid dienone is 4. The number of hydrogen-bond acceptors (Lipinski definition) is 0. The van der Waals surface area contributed by atoms with Crippen molar-refractivity contribution < 1.29 is 0 Å². The Bertz CT molecular complexity index is 161. The monoisotopic (exact) mass is 136 g/mol. The van der Waals surface area contributed by atoms with Crippen LogP contribution < -0.4 is 0 Å². The summed E-state index contributed by atoms with van der Waals surface area (Å²) >= 11 is 0. The molecule has 56 valence electrons. The van der Waals surface area contributed by atoms with Crippen LogP contribution in [-0.2, 0) is 0 Å². The minimum Gasteiger partial charge on any atom is -0.0839 e. The molecule has 0 heteroatoms. The van der Waals surface area contributed by atoms with E-state index < -0.39 is 0 Å². The predicted octanol–water partition coefficient (Wildman–Crippen LogP) is 3.45. The molecule has 0 amide bonds. The highest BCUT2D eigenvalue weighted by molar-refractivity contribution is 5.28. The van der Waals surface area contributed by atoms with Crippen LogP contribution >= 0.6 is 0 Å². The lowest BCUT2D eigenvalue weighted by molar-refractivity contribution is 0.856. The van der Waals surface area contributed by atoms with E-state index >= 15 is 0 Å². The van der Waals surface area contributed by atoms with Crippen LogP contribution in [0.5, 0.6) is 0 Å². The summed E-state index contributed by atoms with van der Waals surface area (Å²) in [6.45, 7) is 4.49. The highest BCUT2D eigenvalue weighted by Gasteiger charge is 2.03. The molecule has 0 saturated heterocycles. The first-order valence-corrected chi connectivity index (χ1v) is 4.26. The van der Waals surface area contributed by atoms with Crippen molar-refractivity contribution in [1.82, 2.24) is 0 Å². The van der Waals surface area contributed by atoms with Crippen LogP contribution in [0.25, 0.3) is 0 Å². The Morgan fingerprint density at radius 1 is 1.30 bits per heavy atom. The average molecular weight is 136 g/mol. The normalized spacial score (nSPS) is 18.2. The van der Waals surface area contributed by atoms with Crippen LogP contribution in [0.15, 0.2) is 23.3 Å². The van der Waals surface area contributed by atoms with Gasteiger partial charge in [-0.15, -0.1) is 0 Å². The van der Waals surface area contributed by atoms with Gasteiger partial charge in [0.25, 0.3) is 0 Å². The summed E-state index contributed by atoms with van der Waals surface area (Å²) in [6, 6.07) is 0. The fourth-order valence-corrected chi connectivity index (χ4v) is 1.53. The molecular weight excluding hydrogens is 120 g/mol. The summed E-state index contributed by atoms with van der Waals surface area (Å²) in [5.74, 6) is 0. The molecule has 0 aromatic heterocycles. The van der Waals surface area contributed by atoms with Gasteiger partial charge in [0.05, 0.1) is 0 Å². The Labute approximate surface area is 63.6 Å². The highest BCUT2D eigenvalue weighted by Crippen LogP contribution is 2.23. The molecule has 0 radical (unpaired) electrons. The van der Waals surface area contributed by atoms with Gasteiger partial charge in [0, 0.05) is 0 Å². The summed E-state index contributed by atoms with van der Waals surface area (Å²) < 4.78 is 0. The zero-order chi connectivity index (χ0) is 7.40. The molecule has 0 nitrogen and oxygen atoms in total. The zero-order valence-corrected chi connectivity index (χ0v) is 6.98. The van der Waals surface area contributed by atoms with Gasteiger partial charge in [-0.1, -0.05) is 31.6 Å². The van der Waals surface area contributed by atoms with E-state index in [1.807, 2.05) is 0 Å². The van der Waals surface area contributed by atoms with Crippen molar-refractivity contribution in [3.63, 3.8) is 0 Å². The first kappa shape index (κ1) is 7.59. The Kier molecular flexibility index (Phi) is 2.73. The Morgan fingerprint density at radius 3 is 2.60 bits per heavy atom. The third-order valence-corrected chi connectivity index (χ3v) is 2.19. The summed E-state index contributed by atoms with van der Waals surface area (Å²) in [5, 5.41) is 0. The van der Waals surface area contributed by atoms with Gasteiger partial charge in [-0.2, -0.15) is 0 Å². The van der Waals surface area contributed by atoms with Gasteiger partial charge in [0.2, 0.25) is 0 Å². The van der Waals surface area contributed by atoms with E-state index in [2.05, 4.69) is 26.0 Å². The fourth-order valence-electron chi connectivity index (χ4n) is 1.53. The molecule has 0 atom stereocenters. The zero-order valence-electron chi connectivity index (χ0n) is 6.98. The standard InChI is InChI=1S/C10H16/c1-3-9-7-5-6-8-10(9)4-2/h5,7H,3-4,6,8H2,1-2H3. The van der Waals surface area contributed by atoms with E-state index in [1.165, 1.54) is 25.7 Å². The molecule has 1 aliphatic rings. The molecule has 1 aliphatic carbocycles. The topological polar surface area (TPSA) is 0 Å². The summed E-state index contributed by atoms with van der Waals surface area (Å²) in [7, 11) is 0. The second kappa shape index (κ2) is 3.60. The molecule has 0 spiro atoms. The van der Waals surface area contributed by atoms with Gasteiger partial charge in [-0.25, -0.2) is 0 Å². The van der Waals surface area contributed by atoms with Crippen LogP contribution in [-0.4, -0.2) is 0 Å². The van der Waals surface area contributed by atoms with Gasteiger partial charge in [-0.3, -0.25) is 0 Å². The Hall–Kier alpha value is -0.520. The van der Waals surface area contributed by atoms with Crippen LogP contribution in [0.4, 0.5) is 0 Å². The second-order valence-corrected chi connectivity index (χ2v) is 2.78. The molecule has 0 aromatic rings. The quantitative estimate of drug-likeness (QED) is 0.545. The lowest BCUT2D eigenvalue weighted by Gasteiger charge is -2.12. The Morgan fingerprint density at radius 2 is 2.10 bits per heavy atom. The van der Waals surface area contributed by atoms with Gasteiger partial charge in [0.15, 0.2) is 0 Å². The molecule has 0 fully saturated rings. The van der Waals surface area contributed by atoms with Crippen LogP contribution in [0.3, 0.4) is 0 Å². The molecule has 0 unspecified atom stereocenters. The molecule has 0 aromatic carbocycles. The maximum absolute atomic E-state index is 2.29. The summed E-state index contributed by atoms with van der Waals surface area (Å²) in [6.07, 6.45) is 9.59. The molecule has 10 heavy (non-hydrogen) atoms. The van der Waals surface area contributed by atoms with E-state index in [-0.39, 0.29) is 0 Å². The fraction of sp³-hybridized carbons (Fsp3) is 0.600. The number of rotatable bonds is 2. The van der Waals surface area contributed by atoms with Crippen molar-refractivity contribution in [2.24, 2.45) is 0 Å². The van der Waals surface area contributed by atoms with Crippen LogP contribution in [0.1, 0.15) is 39.5 Å². The minimum absolute atomic E-state index is 1.21. The lowest BCUT2D eigenvalue weighted by Crippen LogP contribution is -1.92. The molecule has 0 heterocycles. The minimum atomic E-state index is 1.21. The molecule has 0 N–H and O–H groups in total. The lowest BCUT2D eigenvalue weighted by atomic mass is 9.94. The van der Waals surface area contributed by atoms with E-state index in [0.717, 1.165) is 0 Å². The second-order valence-electron chi connectivity index (χ2n) is 2.78. The maximum Gasteiger partial charge on any atom is -0.0280 e. The van der Waals surface area contributed by atoms with Gasteiger partial charge < -0.3 is 0 Å². The SMILES string of the molecule is CCC1=C(CC)CCC=C1. The first-order valence-electron chi connectivity index (χ1n) is 4.26. The van der Waals surface area contributed by atoms with Crippen molar-refractivity contribution in [1.29, 1.82) is 0 Å². The molecule has 1 rings (SSSR count). The van der Waals surface area contributed by atoms with Crippen LogP contribution in [0.2, 0.25) is 0 Å². The van der Waals surface area contributed by atoms with E-state index in [0.29, 0.717) is 0 Å². The molecular formula is C10H16. The maximum atomic E-state index is 2.29. The molecule has 0 aliphatic heterocycles. The highest BCUT2D eigenvalue weighted by atomic mass is 14.1. The molecule has 0 bridgehead atoms. The van der Waals surface area contributed by atoms with Crippen molar-refractivity contribution >= 4 is 0 Å². The van der Waals surface area contributed by atoms with E-state index in [9.17, 15) is 0 Å². The largest absolute Gasteiger partial charge is 0.0839 e. The van der Waals surface area contributed by atoms with E-state index in [4.69, 9.17) is 0 Å². The summed E-state index contributed by atoms with van der Waals surface area (Å²) in [4.78, 5) is 0. The van der Waals surface area contributed by atoms with Crippen molar-refractivity contribution in [3.8, 4) is 0 Å². The van der Waals surface area contributed by atoms with Gasteiger partial charge >= 0.3 is 0 Å². The van der Waals surface area contributed by atoms with Crippen molar-refractivity contribution in [2.75, 3.05) is 0 Å². The van der Waals surface area contributed by atoms with Crippen molar-refractivity contribution in [3.05, 3.63) is 23.3 Å². The third-order valence-electron chi connectivity index (χ3n) is 2.19. The third kappa shape index (κ3) is 1.50. The van der Waals surface area contributed by atoms with Crippen LogP contribution in [0, 0.1) is 0 Å². The number of hydrogen-bond donors (Lipinski definition) is 0. The van der Waals surface area contributed by atoms with Gasteiger partial charge in [-0.05, 0) is 31.3 Å². The van der Waals surface area contributed by atoms with Gasteiger partial charge in [0.1, 0.15) is 0 Å². The predicted molar refractivity (Wildman–Crippen MR) is 46.0 cm³/mol. The summed E-state index contributed by atoms with van der Waals surface area (Å²) in [5.41, 5.74) is 3.25. The molecule has 0 saturated carbocycles. The first-order chi connectivity index (χ1) is 4.88. The average Bonchev–Trinajstić information content (AvgIpc) is 2.04. The van der Waals surface area contributed by atoms with E-state index in [1.54, 1.807) is 11.1 Å².